The van der Waals surface area contributed by atoms with E-state index in [1.807, 2.05) is 24.3 Å². The maximum absolute atomic E-state index is 8.62. The van der Waals surface area contributed by atoms with Gasteiger partial charge in [-0.25, -0.2) is 0 Å². The maximum Gasteiger partial charge on any atom is 0.185 e. The molecule has 20 heavy (non-hydrogen) atoms. The van der Waals surface area contributed by atoms with Crippen molar-refractivity contribution in [2.75, 3.05) is 5.75 Å². The minimum atomic E-state index is 0.358. The van der Waals surface area contributed by atoms with Crippen LogP contribution in [0.1, 0.15) is 0 Å². The van der Waals surface area contributed by atoms with E-state index in [1.54, 1.807) is 16.6 Å². The van der Waals surface area contributed by atoms with Crippen LogP contribution in [0.15, 0.2) is 41.4 Å². The van der Waals surface area contributed by atoms with E-state index in [1.165, 1.54) is 11.8 Å². The number of fused-ring (bicyclic) bond motifs is 1. The van der Waals surface area contributed by atoms with Crippen molar-refractivity contribution >= 4 is 29.0 Å². The predicted molar refractivity (Wildman–Crippen MR) is 77.6 cm³/mol. The number of hydrogen-bond donors (Lipinski definition) is 0. The Kier molecular flexibility index (Phi) is 3.54. The monoisotopic (exact) mass is 301 g/mol. The fourth-order valence-electron chi connectivity index (χ4n) is 1.73. The number of aromatic nitrogens is 4. The van der Waals surface area contributed by atoms with Crippen LogP contribution in [0.3, 0.4) is 0 Å². The molecule has 0 spiro atoms. The van der Waals surface area contributed by atoms with Gasteiger partial charge in [-0.1, -0.05) is 23.4 Å². The lowest BCUT2D eigenvalue weighted by Crippen LogP contribution is -1.96. The van der Waals surface area contributed by atoms with Crippen molar-refractivity contribution < 1.29 is 0 Å². The fourth-order valence-corrected chi connectivity index (χ4v) is 2.38. The average molecular weight is 302 g/mol. The second-order valence-corrected chi connectivity index (χ2v) is 5.35. The van der Waals surface area contributed by atoms with Crippen molar-refractivity contribution in [2.24, 2.45) is 0 Å². The molecule has 0 saturated carbocycles. The van der Waals surface area contributed by atoms with Crippen LogP contribution in [0.25, 0.3) is 17.0 Å². The van der Waals surface area contributed by atoms with E-state index < -0.39 is 0 Å². The van der Waals surface area contributed by atoms with E-state index in [0.717, 1.165) is 10.6 Å². The van der Waals surface area contributed by atoms with Crippen molar-refractivity contribution in [1.29, 1.82) is 5.26 Å². The highest BCUT2D eigenvalue weighted by atomic mass is 35.5. The molecule has 3 rings (SSSR count). The number of nitrogens with zero attached hydrogens (tertiary/aromatic N) is 5. The number of hydrogen-bond acceptors (Lipinski definition) is 5. The van der Waals surface area contributed by atoms with Crippen molar-refractivity contribution in [3.63, 3.8) is 0 Å². The summed E-state index contributed by atoms with van der Waals surface area (Å²) in [6.07, 6.45) is 0. The zero-order chi connectivity index (χ0) is 13.9. The van der Waals surface area contributed by atoms with Gasteiger partial charge in [-0.05, 0) is 36.4 Å². The summed E-state index contributed by atoms with van der Waals surface area (Å²) in [5.41, 5.74) is 1.55. The summed E-state index contributed by atoms with van der Waals surface area (Å²) in [4.78, 5) is 0. The molecule has 0 aliphatic carbocycles. The quantitative estimate of drug-likeness (QED) is 0.696. The van der Waals surface area contributed by atoms with Crippen molar-refractivity contribution in [3.05, 3.63) is 41.4 Å². The highest BCUT2D eigenvalue weighted by Gasteiger charge is 2.10. The normalized spacial score (nSPS) is 10.6. The first-order chi connectivity index (χ1) is 9.78. The summed E-state index contributed by atoms with van der Waals surface area (Å²) in [5, 5.41) is 22.7. The summed E-state index contributed by atoms with van der Waals surface area (Å²) in [6.45, 7) is 0. The number of thioether (sulfide) groups is 1. The highest BCUT2D eigenvalue weighted by Crippen LogP contribution is 2.21. The van der Waals surface area contributed by atoms with Gasteiger partial charge in [0.05, 0.1) is 11.8 Å². The van der Waals surface area contributed by atoms with Gasteiger partial charge in [-0.15, -0.1) is 10.2 Å². The van der Waals surface area contributed by atoms with Gasteiger partial charge in [-0.2, -0.15) is 14.9 Å². The van der Waals surface area contributed by atoms with Gasteiger partial charge in [0, 0.05) is 10.6 Å². The Balaban J connectivity index is 2.07. The van der Waals surface area contributed by atoms with Gasteiger partial charge >= 0.3 is 0 Å². The molecule has 0 bridgehead atoms. The molecule has 0 aliphatic heterocycles. The first kappa shape index (κ1) is 12.9. The standard InChI is InChI=1S/C13H8ClN5S/c14-10-3-1-9(2-4-10)13-17-16-11-5-6-12(18-19(11)13)20-8-7-15/h1-6H,8H2. The van der Waals surface area contributed by atoms with E-state index in [4.69, 9.17) is 16.9 Å². The second kappa shape index (κ2) is 5.49. The SMILES string of the molecule is N#CCSc1ccc2nnc(-c3ccc(Cl)cc3)n2n1. The summed E-state index contributed by atoms with van der Waals surface area (Å²) in [6, 6.07) is 13.1. The Bertz CT molecular complexity index is 791. The molecule has 5 nitrogen and oxygen atoms in total. The molecule has 2 heterocycles. The molecular formula is C13H8ClN5S. The Morgan fingerprint density at radius 1 is 1.15 bits per heavy atom. The summed E-state index contributed by atoms with van der Waals surface area (Å²) in [7, 11) is 0. The third kappa shape index (κ3) is 2.46. The van der Waals surface area contributed by atoms with Gasteiger partial charge in [0.25, 0.3) is 0 Å². The third-order valence-electron chi connectivity index (χ3n) is 2.63. The first-order valence-corrected chi connectivity index (χ1v) is 7.12. The van der Waals surface area contributed by atoms with Crippen molar-refractivity contribution in [2.45, 2.75) is 5.03 Å². The number of nitriles is 1. The molecule has 98 valence electrons. The molecule has 0 radical (unpaired) electrons. The van der Waals surface area contributed by atoms with Crippen LogP contribution in [-0.4, -0.2) is 25.6 Å². The lowest BCUT2D eigenvalue weighted by Gasteiger charge is -2.01. The molecule has 0 aliphatic rings. The Morgan fingerprint density at radius 3 is 2.70 bits per heavy atom. The summed E-state index contributed by atoms with van der Waals surface area (Å²) in [5.74, 6) is 1.01. The van der Waals surface area contributed by atoms with Crippen LogP contribution in [-0.2, 0) is 0 Å². The fraction of sp³-hybridized carbons (Fsp3) is 0.0769. The Labute approximate surface area is 124 Å². The Hall–Kier alpha value is -2.10. The van der Waals surface area contributed by atoms with Crippen LogP contribution in [0.2, 0.25) is 5.02 Å². The number of rotatable bonds is 3. The van der Waals surface area contributed by atoms with Crippen LogP contribution in [0.5, 0.6) is 0 Å². The molecule has 0 unspecified atom stereocenters. The number of halogens is 1. The first-order valence-electron chi connectivity index (χ1n) is 5.76. The van der Waals surface area contributed by atoms with Gasteiger partial charge in [-0.3, -0.25) is 0 Å². The van der Waals surface area contributed by atoms with Crippen LogP contribution >= 0.6 is 23.4 Å². The van der Waals surface area contributed by atoms with E-state index in [0.29, 0.717) is 22.2 Å². The van der Waals surface area contributed by atoms with Gasteiger partial charge in [0.1, 0.15) is 5.03 Å². The van der Waals surface area contributed by atoms with Gasteiger partial charge in [0.2, 0.25) is 0 Å². The molecule has 0 fully saturated rings. The molecular weight excluding hydrogens is 294 g/mol. The van der Waals surface area contributed by atoms with Gasteiger partial charge < -0.3 is 0 Å². The molecule has 3 aromatic rings. The minimum absolute atomic E-state index is 0.358. The third-order valence-corrected chi connectivity index (χ3v) is 3.66. The van der Waals surface area contributed by atoms with Crippen molar-refractivity contribution in [1.82, 2.24) is 19.8 Å². The topological polar surface area (TPSA) is 66.9 Å². The largest absolute Gasteiger partial charge is 0.197 e. The van der Waals surface area contributed by atoms with Gasteiger partial charge in [0.15, 0.2) is 11.5 Å². The predicted octanol–water partition coefficient (Wildman–Crippen LogP) is 3.06. The summed E-state index contributed by atoms with van der Waals surface area (Å²) < 4.78 is 1.67. The lowest BCUT2D eigenvalue weighted by molar-refractivity contribution is 0.861. The van der Waals surface area contributed by atoms with Crippen LogP contribution < -0.4 is 0 Å². The van der Waals surface area contributed by atoms with E-state index in [2.05, 4.69) is 21.4 Å². The molecule has 1 aromatic carbocycles. The number of benzene rings is 1. The minimum Gasteiger partial charge on any atom is -0.197 e. The molecule has 0 amide bonds. The Morgan fingerprint density at radius 2 is 1.95 bits per heavy atom. The zero-order valence-corrected chi connectivity index (χ0v) is 11.8. The highest BCUT2D eigenvalue weighted by molar-refractivity contribution is 7.99. The molecule has 0 atom stereocenters. The van der Waals surface area contributed by atoms with Crippen LogP contribution in [0.4, 0.5) is 0 Å². The molecule has 2 aromatic heterocycles. The molecule has 0 saturated heterocycles. The van der Waals surface area contributed by atoms with E-state index in [-0.39, 0.29) is 0 Å². The molecule has 7 heteroatoms. The van der Waals surface area contributed by atoms with E-state index >= 15 is 0 Å². The van der Waals surface area contributed by atoms with E-state index in [9.17, 15) is 0 Å². The summed E-state index contributed by atoms with van der Waals surface area (Å²) >= 11 is 7.26. The smallest absolute Gasteiger partial charge is 0.185 e. The zero-order valence-electron chi connectivity index (χ0n) is 10.2. The second-order valence-electron chi connectivity index (χ2n) is 3.92. The van der Waals surface area contributed by atoms with Crippen molar-refractivity contribution in [3.8, 4) is 17.5 Å². The lowest BCUT2D eigenvalue weighted by atomic mass is 10.2. The van der Waals surface area contributed by atoms with Crippen LogP contribution in [0, 0.1) is 11.3 Å². The maximum atomic E-state index is 8.62. The average Bonchev–Trinajstić information content (AvgIpc) is 2.89. The molecule has 0 N–H and O–H groups in total.